The minimum atomic E-state index is 0.364. The first-order chi connectivity index (χ1) is 12.1. The zero-order chi connectivity index (χ0) is 17.4. The van der Waals surface area contributed by atoms with Gasteiger partial charge in [-0.05, 0) is 45.4 Å². The third-order valence-corrected chi connectivity index (χ3v) is 6.32. The molecule has 1 amide bonds. The molecule has 3 aliphatic rings. The molecule has 0 radical (unpaired) electrons. The number of carbonyl (C=O) groups is 1. The molecule has 3 aliphatic heterocycles. The largest absolute Gasteiger partial charge is 0.361 e. The number of aromatic nitrogens is 1. The van der Waals surface area contributed by atoms with E-state index in [-0.39, 0.29) is 0 Å². The van der Waals surface area contributed by atoms with Crippen molar-refractivity contribution in [2.45, 2.75) is 64.6 Å². The van der Waals surface area contributed by atoms with Crippen LogP contribution in [0.2, 0.25) is 0 Å². The summed E-state index contributed by atoms with van der Waals surface area (Å²) in [5.41, 5.74) is 2.18. The average Bonchev–Trinajstić information content (AvgIpc) is 3.11. The summed E-state index contributed by atoms with van der Waals surface area (Å²) >= 11 is 0. The molecule has 0 aromatic carbocycles. The van der Waals surface area contributed by atoms with Gasteiger partial charge in [-0.25, -0.2) is 0 Å². The van der Waals surface area contributed by atoms with Crippen LogP contribution in [-0.2, 0) is 11.3 Å². The van der Waals surface area contributed by atoms with Gasteiger partial charge < -0.3 is 14.7 Å². The third kappa shape index (κ3) is 3.75. The summed E-state index contributed by atoms with van der Waals surface area (Å²) in [6.07, 6.45) is 5.73. The SMILES string of the molecule is Cc1noc(C)c1CN1CCN(C(=O)CC2CC3CCC(C2)N3)CC1. The molecule has 138 valence electrons. The summed E-state index contributed by atoms with van der Waals surface area (Å²) in [7, 11) is 0. The fourth-order valence-corrected chi connectivity index (χ4v) is 4.82. The molecular formula is C19H30N4O2. The van der Waals surface area contributed by atoms with Gasteiger partial charge >= 0.3 is 0 Å². The van der Waals surface area contributed by atoms with E-state index < -0.39 is 0 Å². The van der Waals surface area contributed by atoms with Crippen LogP contribution < -0.4 is 5.32 Å². The van der Waals surface area contributed by atoms with Crippen LogP contribution >= 0.6 is 0 Å². The second-order valence-corrected chi connectivity index (χ2v) is 8.14. The molecule has 0 spiro atoms. The summed E-state index contributed by atoms with van der Waals surface area (Å²) in [6, 6.07) is 1.34. The standard InChI is InChI=1S/C19H30N4O2/c1-13-18(14(2)25-21-13)12-22-5-7-23(8-6-22)19(24)11-15-9-16-3-4-17(10-15)20-16/h15-17,20H,3-12H2,1-2H3. The Labute approximate surface area is 149 Å². The maximum atomic E-state index is 12.7. The third-order valence-electron chi connectivity index (χ3n) is 6.32. The number of piperidine rings is 1. The maximum Gasteiger partial charge on any atom is 0.222 e. The second kappa shape index (κ2) is 7.08. The lowest BCUT2D eigenvalue weighted by atomic mass is 9.89. The van der Waals surface area contributed by atoms with Crippen LogP contribution in [0, 0.1) is 19.8 Å². The predicted molar refractivity (Wildman–Crippen MR) is 95.1 cm³/mol. The van der Waals surface area contributed by atoms with E-state index in [0.717, 1.165) is 50.6 Å². The van der Waals surface area contributed by atoms with Crippen molar-refractivity contribution in [1.29, 1.82) is 0 Å². The smallest absolute Gasteiger partial charge is 0.222 e. The summed E-state index contributed by atoms with van der Waals surface area (Å²) in [5.74, 6) is 1.87. The van der Waals surface area contributed by atoms with Gasteiger partial charge in [0.2, 0.25) is 5.91 Å². The number of carbonyl (C=O) groups excluding carboxylic acids is 1. The number of hydrogen-bond donors (Lipinski definition) is 1. The van der Waals surface area contributed by atoms with Crippen molar-refractivity contribution in [2.24, 2.45) is 5.92 Å². The zero-order valence-corrected chi connectivity index (χ0v) is 15.5. The molecule has 3 saturated heterocycles. The Morgan fingerprint density at radius 2 is 1.84 bits per heavy atom. The van der Waals surface area contributed by atoms with Crippen molar-refractivity contribution in [3.63, 3.8) is 0 Å². The van der Waals surface area contributed by atoms with Gasteiger partial charge in [0.25, 0.3) is 0 Å². The van der Waals surface area contributed by atoms with E-state index in [1.165, 1.54) is 31.2 Å². The monoisotopic (exact) mass is 346 g/mol. The van der Waals surface area contributed by atoms with Crippen LogP contribution in [0.1, 0.15) is 49.1 Å². The van der Waals surface area contributed by atoms with Crippen LogP contribution in [-0.4, -0.2) is 59.1 Å². The quantitative estimate of drug-likeness (QED) is 0.902. The Bertz CT molecular complexity index is 589. The first-order valence-electron chi connectivity index (χ1n) is 9.76. The lowest BCUT2D eigenvalue weighted by Crippen LogP contribution is -2.49. The van der Waals surface area contributed by atoms with Crippen molar-refractivity contribution in [1.82, 2.24) is 20.3 Å². The van der Waals surface area contributed by atoms with Crippen LogP contribution in [0.5, 0.6) is 0 Å². The molecule has 6 heteroatoms. The molecule has 2 atom stereocenters. The summed E-state index contributed by atoms with van der Waals surface area (Å²) < 4.78 is 5.26. The molecule has 2 unspecified atom stereocenters. The number of nitrogens with one attached hydrogen (secondary N) is 1. The van der Waals surface area contributed by atoms with Gasteiger partial charge in [0.15, 0.2) is 0 Å². The Balaban J connectivity index is 1.25. The molecule has 25 heavy (non-hydrogen) atoms. The lowest BCUT2D eigenvalue weighted by molar-refractivity contribution is -0.134. The second-order valence-electron chi connectivity index (χ2n) is 8.14. The highest BCUT2D eigenvalue weighted by Gasteiger charge is 2.35. The Morgan fingerprint density at radius 1 is 1.16 bits per heavy atom. The lowest BCUT2D eigenvalue weighted by Gasteiger charge is -2.36. The molecule has 4 rings (SSSR count). The summed E-state index contributed by atoms with van der Waals surface area (Å²) in [6.45, 7) is 8.42. The predicted octanol–water partition coefficient (Wildman–Crippen LogP) is 1.86. The summed E-state index contributed by atoms with van der Waals surface area (Å²) in [4.78, 5) is 17.2. The molecule has 1 N–H and O–H groups in total. The molecule has 1 aromatic heterocycles. The van der Waals surface area contributed by atoms with E-state index in [1.807, 2.05) is 13.8 Å². The van der Waals surface area contributed by atoms with Crippen LogP contribution in [0.3, 0.4) is 0 Å². The highest BCUT2D eigenvalue weighted by Crippen LogP contribution is 2.33. The van der Waals surface area contributed by atoms with Gasteiger partial charge in [0.05, 0.1) is 5.69 Å². The van der Waals surface area contributed by atoms with Crippen molar-refractivity contribution >= 4 is 5.91 Å². The summed E-state index contributed by atoms with van der Waals surface area (Å²) in [5, 5.41) is 7.70. The molecule has 2 bridgehead atoms. The zero-order valence-electron chi connectivity index (χ0n) is 15.5. The minimum Gasteiger partial charge on any atom is -0.361 e. The number of piperazine rings is 1. The van der Waals surface area contributed by atoms with Crippen LogP contribution in [0.15, 0.2) is 4.52 Å². The van der Waals surface area contributed by atoms with E-state index in [4.69, 9.17) is 4.52 Å². The first-order valence-corrected chi connectivity index (χ1v) is 9.76. The Morgan fingerprint density at radius 3 is 2.44 bits per heavy atom. The molecular weight excluding hydrogens is 316 g/mol. The molecule has 0 saturated carbocycles. The van der Waals surface area contributed by atoms with Crippen LogP contribution in [0.4, 0.5) is 0 Å². The topological polar surface area (TPSA) is 61.6 Å². The number of aryl methyl sites for hydroxylation is 2. The number of rotatable bonds is 4. The van der Waals surface area contributed by atoms with E-state index in [2.05, 4.69) is 20.3 Å². The fourth-order valence-electron chi connectivity index (χ4n) is 4.82. The average molecular weight is 346 g/mol. The Hall–Kier alpha value is -1.40. The van der Waals surface area contributed by atoms with Gasteiger partial charge in [0, 0.05) is 56.8 Å². The number of amides is 1. The highest BCUT2D eigenvalue weighted by molar-refractivity contribution is 5.76. The number of hydrogen-bond acceptors (Lipinski definition) is 5. The fraction of sp³-hybridized carbons (Fsp3) is 0.789. The first kappa shape index (κ1) is 17.0. The molecule has 3 fully saturated rings. The van der Waals surface area contributed by atoms with Crippen LogP contribution in [0.25, 0.3) is 0 Å². The molecule has 1 aromatic rings. The minimum absolute atomic E-state index is 0.364. The molecule has 6 nitrogen and oxygen atoms in total. The van der Waals surface area contributed by atoms with Crippen molar-refractivity contribution in [3.8, 4) is 0 Å². The van der Waals surface area contributed by atoms with Crippen molar-refractivity contribution in [3.05, 3.63) is 17.0 Å². The number of nitrogens with zero attached hydrogens (tertiary/aromatic N) is 3. The molecule has 0 aliphatic carbocycles. The van der Waals surface area contributed by atoms with Gasteiger partial charge in [-0.3, -0.25) is 9.69 Å². The van der Waals surface area contributed by atoms with Gasteiger partial charge in [-0.1, -0.05) is 5.16 Å². The maximum absolute atomic E-state index is 12.7. The number of fused-ring (bicyclic) bond motifs is 2. The van der Waals surface area contributed by atoms with Crippen molar-refractivity contribution in [2.75, 3.05) is 26.2 Å². The Kier molecular flexibility index (Phi) is 4.82. The van der Waals surface area contributed by atoms with Crippen molar-refractivity contribution < 1.29 is 9.32 Å². The van der Waals surface area contributed by atoms with E-state index >= 15 is 0 Å². The molecule has 4 heterocycles. The van der Waals surface area contributed by atoms with Gasteiger partial charge in [-0.2, -0.15) is 0 Å². The van der Waals surface area contributed by atoms with E-state index in [0.29, 0.717) is 23.9 Å². The van der Waals surface area contributed by atoms with Gasteiger partial charge in [-0.15, -0.1) is 0 Å². The van der Waals surface area contributed by atoms with E-state index in [1.54, 1.807) is 0 Å². The normalized spacial score (nSPS) is 30.0. The highest BCUT2D eigenvalue weighted by atomic mass is 16.5. The van der Waals surface area contributed by atoms with E-state index in [9.17, 15) is 4.79 Å². The van der Waals surface area contributed by atoms with Gasteiger partial charge in [0.1, 0.15) is 5.76 Å².